The predicted octanol–water partition coefficient (Wildman–Crippen LogP) is 3.97. The lowest BCUT2D eigenvalue weighted by atomic mass is 10.0. The average molecular weight is 514 g/mol. The Labute approximate surface area is 218 Å². The van der Waals surface area contributed by atoms with E-state index in [1.165, 1.54) is 4.88 Å². The molecule has 6 rings (SSSR count). The number of nitrogens with one attached hydrogen (secondary N) is 2. The smallest absolute Gasteiger partial charge is 0.257 e. The molecule has 0 saturated carbocycles. The fourth-order valence-electron chi connectivity index (χ4n) is 4.72. The molecule has 4 aromatic rings. The van der Waals surface area contributed by atoms with Gasteiger partial charge in [0.05, 0.1) is 12.3 Å². The molecular weight excluding hydrogens is 486 g/mol. The van der Waals surface area contributed by atoms with Crippen molar-refractivity contribution in [1.29, 1.82) is 0 Å². The second-order valence-corrected chi connectivity index (χ2v) is 10.4. The van der Waals surface area contributed by atoms with Crippen LogP contribution in [0.15, 0.2) is 48.8 Å². The lowest BCUT2D eigenvalue weighted by Gasteiger charge is -2.20. The SMILES string of the molecule is CN1CCc2nc(NC(=O)c3cccc(CNc4ncc(-c5ccnc(N)c5)c5c4CCO5)c3)sc2C1. The van der Waals surface area contributed by atoms with Crippen molar-refractivity contribution in [2.45, 2.75) is 25.9 Å². The van der Waals surface area contributed by atoms with Gasteiger partial charge in [-0.15, -0.1) is 11.3 Å². The number of nitrogen functional groups attached to an aromatic ring is 1. The molecule has 9 nitrogen and oxygen atoms in total. The average Bonchev–Trinajstić information content (AvgIpc) is 3.54. The van der Waals surface area contributed by atoms with Crippen LogP contribution in [0.3, 0.4) is 0 Å². The molecule has 1 aromatic carbocycles. The fraction of sp³-hybridized carbons (Fsp3) is 0.259. The maximum Gasteiger partial charge on any atom is 0.257 e. The summed E-state index contributed by atoms with van der Waals surface area (Å²) in [6.07, 6.45) is 5.17. The van der Waals surface area contributed by atoms with Crippen LogP contribution in [0.5, 0.6) is 5.75 Å². The van der Waals surface area contributed by atoms with Crippen molar-refractivity contribution in [1.82, 2.24) is 19.9 Å². The first-order valence-corrected chi connectivity index (χ1v) is 13.0. The Morgan fingerprint density at radius 3 is 3.03 bits per heavy atom. The number of fused-ring (bicyclic) bond motifs is 2. The Hall–Kier alpha value is -4.02. The number of amides is 1. The molecule has 4 N–H and O–H groups in total. The highest BCUT2D eigenvalue weighted by Crippen LogP contribution is 2.40. The fourth-order valence-corrected chi connectivity index (χ4v) is 5.80. The van der Waals surface area contributed by atoms with Crippen LogP contribution in [0, 0.1) is 0 Å². The number of likely N-dealkylation sites (N-methyl/N-ethyl adjacent to an activating group) is 1. The number of pyridine rings is 2. The molecular formula is C27H27N7O2S. The molecule has 0 fully saturated rings. The van der Waals surface area contributed by atoms with E-state index in [-0.39, 0.29) is 5.91 Å². The number of ether oxygens (including phenoxy) is 1. The minimum Gasteiger partial charge on any atom is -0.492 e. The zero-order valence-electron chi connectivity index (χ0n) is 20.5. The molecule has 37 heavy (non-hydrogen) atoms. The van der Waals surface area contributed by atoms with Crippen molar-refractivity contribution < 1.29 is 9.53 Å². The maximum atomic E-state index is 12.9. The third-order valence-electron chi connectivity index (χ3n) is 6.61. The molecule has 2 aliphatic rings. The van der Waals surface area contributed by atoms with Gasteiger partial charge in [-0.2, -0.15) is 0 Å². The summed E-state index contributed by atoms with van der Waals surface area (Å²) in [7, 11) is 2.10. The van der Waals surface area contributed by atoms with Crippen LogP contribution >= 0.6 is 11.3 Å². The van der Waals surface area contributed by atoms with Crippen LogP contribution in [0.2, 0.25) is 0 Å². The monoisotopic (exact) mass is 513 g/mol. The number of carbonyl (C=O) groups is 1. The second-order valence-electron chi connectivity index (χ2n) is 9.28. The van der Waals surface area contributed by atoms with Crippen molar-refractivity contribution in [3.63, 3.8) is 0 Å². The van der Waals surface area contributed by atoms with Gasteiger partial charge in [-0.3, -0.25) is 10.1 Å². The van der Waals surface area contributed by atoms with Crippen LogP contribution < -0.4 is 21.1 Å². The van der Waals surface area contributed by atoms with Gasteiger partial charge in [-0.1, -0.05) is 12.1 Å². The van der Waals surface area contributed by atoms with Gasteiger partial charge in [0.25, 0.3) is 5.91 Å². The Balaban J connectivity index is 1.15. The van der Waals surface area contributed by atoms with Gasteiger partial charge in [0.15, 0.2) is 5.13 Å². The standard InChI is InChI=1S/C27H27N7O2S/c1-34-9-6-21-22(15-34)37-27(32-21)33-26(35)18-4-2-3-16(11-18)13-30-25-19-7-10-36-24(19)20(14-31-25)17-5-8-29-23(28)12-17/h2-5,8,11-12,14H,6-7,9-10,13,15H2,1H3,(H2,28,29)(H,30,31)(H,32,33,35). The molecule has 0 unspecified atom stereocenters. The van der Waals surface area contributed by atoms with Gasteiger partial charge in [-0.05, 0) is 42.4 Å². The molecule has 5 heterocycles. The summed E-state index contributed by atoms with van der Waals surface area (Å²) in [6, 6.07) is 11.3. The van der Waals surface area contributed by atoms with Gasteiger partial charge < -0.3 is 20.7 Å². The summed E-state index contributed by atoms with van der Waals surface area (Å²) in [6.45, 7) is 3.00. The molecule has 0 spiro atoms. The van der Waals surface area contributed by atoms with Gasteiger partial charge in [0.2, 0.25) is 0 Å². The number of carbonyl (C=O) groups excluding carboxylic acids is 1. The van der Waals surface area contributed by atoms with E-state index in [2.05, 4.69) is 37.5 Å². The quantitative estimate of drug-likeness (QED) is 0.355. The van der Waals surface area contributed by atoms with Crippen LogP contribution in [0.4, 0.5) is 16.8 Å². The Kier molecular flexibility index (Phi) is 6.19. The third-order valence-corrected chi connectivity index (χ3v) is 7.61. The van der Waals surface area contributed by atoms with Crippen molar-refractivity contribution >= 4 is 34.0 Å². The number of rotatable bonds is 6. The van der Waals surface area contributed by atoms with Gasteiger partial charge in [0, 0.05) is 66.4 Å². The Morgan fingerprint density at radius 1 is 1.22 bits per heavy atom. The molecule has 0 saturated heterocycles. The first-order chi connectivity index (χ1) is 18.0. The summed E-state index contributed by atoms with van der Waals surface area (Å²) in [5, 5.41) is 7.06. The van der Waals surface area contributed by atoms with Crippen LogP contribution in [-0.2, 0) is 25.9 Å². The van der Waals surface area contributed by atoms with E-state index >= 15 is 0 Å². The topological polar surface area (TPSA) is 118 Å². The largest absolute Gasteiger partial charge is 0.492 e. The van der Waals surface area contributed by atoms with Crippen molar-refractivity contribution in [3.05, 3.63) is 76.1 Å². The molecule has 0 atom stereocenters. The summed E-state index contributed by atoms with van der Waals surface area (Å²) < 4.78 is 5.96. The normalized spacial score (nSPS) is 14.5. The van der Waals surface area contributed by atoms with Crippen molar-refractivity contribution in [2.75, 3.05) is 36.6 Å². The predicted molar refractivity (Wildman–Crippen MR) is 145 cm³/mol. The number of nitrogens with two attached hydrogens (primary N) is 1. The zero-order chi connectivity index (χ0) is 25.4. The van der Waals surface area contributed by atoms with Crippen LogP contribution in [0.1, 0.15) is 32.1 Å². The first-order valence-electron chi connectivity index (χ1n) is 12.2. The zero-order valence-corrected chi connectivity index (χ0v) is 21.3. The number of benzene rings is 1. The molecule has 3 aromatic heterocycles. The number of hydrogen-bond acceptors (Lipinski definition) is 9. The molecule has 2 aliphatic heterocycles. The maximum absolute atomic E-state index is 12.9. The molecule has 188 valence electrons. The molecule has 0 aliphatic carbocycles. The Bertz CT molecular complexity index is 1490. The summed E-state index contributed by atoms with van der Waals surface area (Å²) in [5.74, 6) is 1.91. The molecule has 10 heteroatoms. The van der Waals surface area contributed by atoms with Crippen LogP contribution in [0.25, 0.3) is 11.1 Å². The minimum atomic E-state index is -0.158. The molecule has 0 radical (unpaired) electrons. The number of thiazole rings is 1. The highest BCUT2D eigenvalue weighted by atomic mass is 32.1. The number of anilines is 3. The number of aromatic nitrogens is 3. The summed E-state index contributed by atoms with van der Waals surface area (Å²) >= 11 is 1.56. The number of nitrogens with zero attached hydrogens (tertiary/aromatic N) is 4. The minimum absolute atomic E-state index is 0.158. The van der Waals surface area contributed by atoms with Gasteiger partial charge >= 0.3 is 0 Å². The van der Waals surface area contributed by atoms with Crippen LogP contribution in [-0.4, -0.2) is 46.0 Å². The first kappa shape index (κ1) is 23.4. The van der Waals surface area contributed by atoms with E-state index < -0.39 is 0 Å². The van der Waals surface area contributed by atoms with E-state index in [1.807, 2.05) is 36.4 Å². The van der Waals surface area contributed by atoms with E-state index in [4.69, 9.17) is 10.5 Å². The third kappa shape index (κ3) is 4.85. The highest BCUT2D eigenvalue weighted by molar-refractivity contribution is 7.15. The van der Waals surface area contributed by atoms with E-state index in [0.29, 0.717) is 29.7 Å². The van der Waals surface area contributed by atoms with Gasteiger partial charge in [-0.25, -0.2) is 15.0 Å². The highest BCUT2D eigenvalue weighted by Gasteiger charge is 2.23. The second kappa shape index (κ2) is 9.79. The summed E-state index contributed by atoms with van der Waals surface area (Å²) in [5.41, 5.74) is 11.4. The van der Waals surface area contributed by atoms with Gasteiger partial charge in [0.1, 0.15) is 17.4 Å². The lowest BCUT2D eigenvalue weighted by molar-refractivity contribution is 0.102. The summed E-state index contributed by atoms with van der Waals surface area (Å²) in [4.78, 5) is 29.8. The van der Waals surface area contributed by atoms with Crippen molar-refractivity contribution in [3.8, 4) is 16.9 Å². The number of hydrogen-bond donors (Lipinski definition) is 3. The van der Waals surface area contributed by atoms with E-state index in [1.54, 1.807) is 23.7 Å². The lowest BCUT2D eigenvalue weighted by Crippen LogP contribution is -2.25. The van der Waals surface area contributed by atoms with E-state index in [0.717, 1.165) is 65.4 Å². The molecule has 1 amide bonds. The van der Waals surface area contributed by atoms with E-state index in [9.17, 15) is 4.79 Å². The molecule has 0 bridgehead atoms. The Morgan fingerprint density at radius 2 is 2.14 bits per heavy atom. The van der Waals surface area contributed by atoms with Crippen molar-refractivity contribution in [2.24, 2.45) is 0 Å².